The number of ether oxygens (including phenoxy) is 1. The number of carbonyl (C=O) groups excluding carboxylic acids is 3. The van der Waals surface area contributed by atoms with Gasteiger partial charge in [0.15, 0.2) is 0 Å². The van der Waals surface area contributed by atoms with Crippen LogP contribution in [0.1, 0.15) is 48.7 Å². The molecule has 0 fully saturated rings. The van der Waals surface area contributed by atoms with Gasteiger partial charge in [0.2, 0.25) is 23.6 Å². The molecule has 1 aliphatic heterocycles. The lowest BCUT2D eigenvalue weighted by Gasteiger charge is -2.16. The fourth-order valence-corrected chi connectivity index (χ4v) is 4.52. The van der Waals surface area contributed by atoms with Crippen LogP contribution in [0.5, 0.6) is 0 Å². The Hall–Kier alpha value is -4.91. The van der Waals surface area contributed by atoms with Crippen molar-refractivity contribution < 1.29 is 23.5 Å². The van der Waals surface area contributed by atoms with E-state index in [4.69, 9.17) is 20.8 Å². The molecule has 2 N–H and O–H groups in total. The summed E-state index contributed by atoms with van der Waals surface area (Å²) in [5.41, 5.74) is 2.86. The first kappa shape index (κ1) is 27.6. The zero-order valence-electron chi connectivity index (χ0n) is 21.9. The molecule has 4 aromatic rings. The minimum Gasteiger partial charge on any atom is -0.469 e. The van der Waals surface area contributed by atoms with Crippen LogP contribution in [0.3, 0.4) is 0 Å². The maximum absolute atomic E-state index is 13.0. The number of carbonyl (C=O) groups is 3. The van der Waals surface area contributed by atoms with Crippen molar-refractivity contribution in [2.24, 2.45) is 0 Å². The Morgan fingerprint density at radius 2 is 2.10 bits per heavy atom. The molecule has 0 saturated carbocycles. The number of halogens is 1. The molecule has 3 heterocycles. The summed E-state index contributed by atoms with van der Waals surface area (Å²) in [5, 5.41) is 25.9. The molecule has 210 valence electrons. The number of anilines is 1. The van der Waals surface area contributed by atoms with Gasteiger partial charge in [-0.3, -0.25) is 14.4 Å². The number of methoxy groups -OCH3 is 1. The minimum absolute atomic E-state index is 0.0444. The average molecular weight is 577 g/mol. The van der Waals surface area contributed by atoms with Gasteiger partial charge < -0.3 is 19.8 Å². The smallest absolute Gasteiger partial charge is 0.309 e. The van der Waals surface area contributed by atoms with Crippen molar-refractivity contribution in [1.82, 2.24) is 35.7 Å². The molecule has 0 unspecified atom stereocenters. The van der Waals surface area contributed by atoms with Gasteiger partial charge >= 0.3 is 5.97 Å². The van der Waals surface area contributed by atoms with Gasteiger partial charge in [-0.05, 0) is 65.2 Å². The Morgan fingerprint density at radius 3 is 2.90 bits per heavy atom. The highest BCUT2D eigenvalue weighted by Crippen LogP contribution is 2.31. The molecule has 0 radical (unpaired) electrons. The van der Waals surface area contributed by atoms with Crippen LogP contribution < -0.4 is 10.6 Å². The summed E-state index contributed by atoms with van der Waals surface area (Å²) in [7, 11) is 1.31. The Kier molecular flexibility index (Phi) is 8.44. The van der Waals surface area contributed by atoms with E-state index in [0.717, 1.165) is 0 Å². The van der Waals surface area contributed by atoms with Gasteiger partial charge in [0, 0.05) is 23.1 Å². The predicted molar refractivity (Wildman–Crippen MR) is 147 cm³/mol. The first-order valence-electron chi connectivity index (χ1n) is 12.7. The molecule has 5 rings (SSSR count). The van der Waals surface area contributed by atoms with Gasteiger partial charge in [0.05, 0.1) is 30.5 Å². The van der Waals surface area contributed by atoms with Crippen molar-refractivity contribution >= 4 is 41.1 Å². The maximum Gasteiger partial charge on any atom is 0.309 e. The van der Waals surface area contributed by atoms with E-state index in [2.05, 4.69) is 36.4 Å². The molecule has 2 aromatic heterocycles. The van der Waals surface area contributed by atoms with Crippen LogP contribution in [0, 0.1) is 0 Å². The van der Waals surface area contributed by atoms with Crippen molar-refractivity contribution in [2.45, 2.75) is 38.1 Å². The largest absolute Gasteiger partial charge is 0.469 e. The first-order chi connectivity index (χ1) is 19.9. The number of hydrogen-bond acceptors (Lipinski definition) is 10. The number of rotatable bonds is 6. The zero-order chi connectivity index (χ0) is 28.8. The standard InChI is InChI=1S/C27H25ClN8O5/c1-40-25(39)13-16-6-9-19-21(12-16)31-23(37)5-3-2-4-20(27-33-32-26(19)41-27)30-24(38)11-7-17-14-18(28)8-10-22(17)36-15-29-34-35-36/h6-12,14-15,20H,2-5,13H2,1H3,(H,30,38)(H,31,37)/b11-7+/t20-/m0/s1. The Bertz CT molecular complexity index is 1600. The molecule has 13 nitrogen and oxygen atoms in total. The summed E-state index contributed by atoms with van der Waals surface area (Å²) in [6.07, 6.45) is 6.41. The third-order valence-electron chi connectivity index (χ3n) is 6.37. The van der Waals surface area contributed by atoms with Crippen molar-refractivity contribution in [3.63, 3.8) is 0 Å². The van der Waals surface area contributed by atoms with E-state index in [1.54, 1.807) is 42.5 Å². The number of amides is 2. The second kappa shape index (κ2) is 12.5. The molecule has 2 bridgehead atoms. The fourth-order valence-electron chi connectivity index (χ4n) is 4.34. The third kappa shape index (κ3) is 6.81. The SMILES string of the molecule is COC(=O)Cc1ccc2c(c1)NC(=O)CCCC[C@H](NC(=O)/C=C/c1cc(Cl)ccc1-n1cnnn1)c1nnc-2o1. The second-order valence-corrected chi connectivity index (χ2v) is 9.66. The van der Waals surface area contributed by atoms with Gasteiger partial charge in [-0.2, -0.15) is 4.68 Å². The van der Waals surface area contributed by atoms with Gasteiger partial charge in [0.1, 0.15) is 12.4 Å². The van der Waals surface area contributed by atoms with E-state index in [9.17, 15) is 14.4 Å². The molecular formula is C27H25ClN8O5. The molecule has 0 saturated heterocycles. The quantitative estimate of drug-likeness (QED) is 0.256. The Labute approximate surface area is 238 Å². The number of aromatic nitrogens is 6. The van der Waals surface area contributed by atoms with E-state index in [-0.39, 0.29) is 30.5 Å². The number of benzene rings is 2. The van der Waals surface area contributed by atoms with Gasteiger partial charge in [-0.1, -0.05) is 24.1 Å². The summed E-state index contributed by atoms with van der Waals surface area (Å²) < 4.78 is 12.2. The van der Waals surface area contributed by atoms with Crippen molar-refractivity contribution in [1.29, 1.82) is 0 Å². The number of fused-ring (bicyclic) bond motifs is 4. The molecule has 41 heavy (non-hydrogen) atoms. The lowest BCUT2D eigenvalue weighted by atomic mass is 10.0. The molecular weight excluding hydrogens is 552 g/mol. The number of esters is 1. The molecule has 2 amide bonds. The van der Waals surface area contributed by atoms with E-state index < -0.39 is 17.9 Å². The Morgan fingerprint density at radius 1 is 1.22 bits per heavy atom. The van der Waals surface area contributed by atoms with Gasteiger partial charge in [-0.25, -0.2) is 0 Å². The molecule has 14 heteroatoms. The minimum atomic E-state index is -0.587. The molecule has 2 aromatic carbocycles. The lowest BCUT2D eigenvalue weighted by molar-refractivity contribution is -0.139. The predicted octanol–water partition coefficient (Wildman–Crippen LogP) is 3.46. The number of hydrogen-bond donors (Lipinski definition) is 2. The number of tetrazole rings is 1. The summed E-state index contributed by atoms with van der Waals surface area (Å²) >= 11 is 6.17. The number of nitrogens with zero attached hydrogens (tertiary/aromatic N) is 6. The molecule has 1 atom stereocenters. The summed E-state index contributed by atoms with van der Waals surface area (Å²) in [6, 6.07) is 9.66. The summed E-state index contributed by atoms with van der Waals surface area (Å²) in [4.78, 5) is 37.4. The Balaban J connectivity index is 1.38. The van der Waals surface area contributed by atoms with Crippen molar-refractivity contribution in [3.8, 4) is 17.1 Å². The van der Waals surface area contributed by atoms with Crippen LogP contribution in [-0.2, 0) is 25.5 Å². The lowest BCUT2D eigenvalue weighted by Crippen LogP contribution is -2.27. The zero-order valence-corrected chi connectivity index (χ0v) is 22.7. The van der Waals surface area contributed by atoms with Crippen LogP contribution in [0.4, 0.5) is 5.69 Å². The third-order valence-corrected chi connectivity index (χ3v) is 6.60. The highest BCUT2D eigenvalue weighted by atomic mass is 35.5. The molecule has 1 aliphatic rings. The maximum atomic E-state index is 13.0. The van der Waals surface area contributed by atoms with Crippen LogP contribution in [0.2, 0.25) is 5.02 Å². The van der Waals surface area contributed by atoms with Crippen LogP contribution >= 0.6 is 11.6 Å². The van der Waals surface area contributed by atoms with Gasteiger partial charge in [-0.15, -0.1) is 15.3 Å². The number of nitrogens with one attached hydrogen (secondary N) is 2. The van der Waals surface area contributed by atoms with Crippen molar-refractivity contribution in [2.75, 3.05) is 12.4 Å². The highest BCUT2D eigenvalue weighted by Gasteiger charge is 2.23. The van der Waals surface area contributed by atoms with Crippen LogP contribution in [-0.4, -0.2) is 55.3 Å². The fraction of sp³-hybridized carbons (Fsp3) is 0.259. The van der Waals surface area contributed by atoms with E-state index in [1.807, 2.05) is 0 Å². The van der Waals surface area contributed by atoms with E-state index >= 15 is 0 Å². The van der Waals surface area contributed by atoms with Crippen LogP contribution in [0.25, 0.3) is 23.2 Å². The van der Waals surface area contributed by atoms with Gasteiger partial charge in [0.25, 0.3) is 0 Å². The summed E-state index contributed by atoms with van der Waals surface area (Å²) in [6.45, 7) is 0. The normalized spacial score (nSPS) is 15.4. The molecule has 0 aliphatic carbocycles. The highest BCUT2D eigenvalue weighted by molar-refractivity contribution is 6.30. The molecule has 0 spiro atoms. The topological polar surface area (TPSA) is 167 Å². The first-order valence-corrected chi connectivity index (χ1v) is 13.1. The monoisotopic (exact) mass is 576 g/mol. The van der Waals surface area contributed by atoms with Crippen molar-refractivity contribution in [3.05, 3.63) is 70.8 Å². The van der Waals surface area contributed by atoms with E-state index in [1.165, 1.54) is 24.2 Å². The summed E-state index contributed by atoms with van der Waals surface area (Å²) in [5.74, 6) is -0.588. The van der Waals surface area contributed by atoms with Crippen LogP contribution in [0.15, 0.2) is 53.2 Å². The second-order valence-electron chi connectivity index (χ2n) is 9.22. The van der Waals surface area contributed by atoms with E-state index in [0.29, 0.717) is 52.4 Å². The average Bonchev–Trinajstić information content (AvgIpc) is 3.66.